The molecule has 2 amide bonds. The number of aliphatic carboxylic acids is 1. The van der Waals surface area contributed by atoms with Gasteiger partial charge in [0.1, 0.15) is 5.75 Å². The van der Waals surface area contributed by atoms with Crippen LogP contribution in [-0.4, -0.2) is 42.2 Å². The van der Waals surface area contributed by atoms with Crippen LogP contribution >= 0.6 is 0 Å². The summed E-state index contributed by atoms with van der Waals surface area (Å²) in [5.41, 5.74) is 0.875. The van der Waals surface area contributed by atoms with Crippen LogP contribution < -0.4 is 10.1 Å². The van der Waals surface area contributed by atoms with Crippen LogP contribution in [0.25, 0.3) is 0 Å². The van der Waals surface area contributed by atoms with E-state index in [1.165, 1.54) is 0 Å². The van der Waals surface area contributed by atoms with Gasteiger partial charge in [-0.2, -0.15) is 0 Å². The monoisotopic (exact) mass is 368 g/mol. The fraction of sp³-hybridized carbons (Fsp3) is 0.333. The Morgan fingerprint density at radius 1 is 1.15 bits per heavy atom. The smallest absolute Gasteiger partial charge is 0.318 e. The van der Waals surface area contributed by atoms with Gasteiger partial charge in [0.05, 0.1) is 18.6 Å². The van der Waals surface area contributed by atoms with Crippen molar-refractivity contribution in [3.63, 3.8) is 0 Å². The first-order valence-corrected chi connectivity index (χ1v) is 8.91. The Kier molecular flexibility index (Phi) is 5.35. The molecule has 0 aliphatic carbocycles. The maximum absolute atomic E-state index is 12.9. The molecule has 6 nitrogen and oxygen atoms in total. The Morgan fingerprint density at radius 2 is 1.81 bits per heavy atom. The largest absolute Gasteiger partial charge is 0.496 e. The minimum atomic E-state index is -0.899. The lowest BCUT2D eigenvalue weighted by atomic mass is 9.90. The third-order valence-electron chi connectivity index (χ3n) is 5.13. The van der Waals surface area contributed by atoms with Gasteiger partial charge in [-0.25, -0.2) is 4.79 Å². The average molecular weight is 368 g/mol. The zero-order valence-corrected chi connectivity index (χ0v) is 15.5. The highest BCUT2D eigenvalue weighted by Crippen LogP contribution is 2.32. The molecule has 2 unspecified atom stereocenters. The molecule has 1 heterocycles. The molecule has 1 aliphatic rings. The van der Waals surface area contributed by atoms with Gasteiger partial charge >= 0.3 is 12.0 Å². The van der Waals surface area contributed by atoms with Crippen LogP contribution in [0.4, 0.5) is 4.79 Å². The molecule has 0 radical (unpaired) electrons. The first-order chi connectivity index (χ1) is 12.9. The second-order valence-electron chi connectivity index (χ2n) is 7.07. The van der Waals surface area contributed by atoms with Crippen LogP contribution in [0.5, 0.6) is 5.75 Å². The second kappa shape index (κ2) is 7.70. The number of carbonyl (C=O) groups excluding carboxylic acids is 1. The molecule has 2 atom stereocenters. The van der Waals surface area contributed by atoms with Crippen molar-refractivity contribution >= 4 is 12.0 Å². The van der Waals surface area contributed by atoms with E-state index in [1.54, 1.807) is 18.9 Å². The van der Waals surface area contributed by atoms with Crippen molar-refractivity contribution in [3.8, 4) is 5.75 Å². The van der Waals surface area contributed by atoms with E-state index in [2.05, 4.69) is 5.32 Å². The quantitative estimate of drug-likeness (QED) is 0.849. The predicted molar refractivity (Wildman–Crippen MR) is 102 cm³/mol. The number of ether oxygens (including phenoxy) is 1. The third-order valence-corrected chi connectivity index (χ3v) is 5.13. The zero-order valence-electron chi connectivity index (χ0n) is 15.5. The minimum Gasteiger partial charge on any atom is -0.496 e. The van der Waals surface area contributed by atoms with E-state index >= 15 is 0 Å². The molecule has 1 aliphatic heterocycles. The molecule has 6 heteroatoms. The summed E-state index contributed by atoms with van der Waals surface area (Å²) in [6, 6.07) is 16.5. The average Bonchev–Trinajstić information content (AvgIpc) is 3.10. The molecule has 0 saturated carbocycles. The maximum atomic E-state index is 12.9. The van der Waals surface area contributed by atoms with E-state index in [-0.39, 0.29) is 12.6 Å². The Hall–Kier alpha value is -3.02. The van der Waals surface area contributed by atoms with E-state index in [0.717, 1.165) is 11.1 Å². The number of urea groups is 1. The van der Waals surface area contributed by atoms with Crippen molar-refractivity contribution in [2.24, 2.45) is 5.41 Å². The van der Waals surface area contributed by atoms with Gasteiger partial charge in [-0.05, 0) is 25.0 Å². The molecular weight excluding hydrogens is 344 g/mol. The highest BCUT2D eigenvalue weighted by molar-refractivity contribution is 5.80. The van der Waals surface area contributed by atoms with Crippen molar-refractivity contribution in [3.05, 3.63) is 65.7 Å². The van der Waals surface area contributed by atoms with Gasteiger partial charge in [0, 0.05) is 18.7 Å². The zero-order chi connectivity index (χ0) is 19.4. The Labute approximate surface area is 158 Å². The molecule has 142 valence electrons. The van der Waals surface area contributed by atoms with Crippen molar-refractivity contribution < 1.29 is 19.4 Å². The number of nitrogens with one attached hydrogen (secondary N) is 1. The Bertz CT molecular complexity index is 824. The van der Waals surface area contributed by atoms with Gasteiger partial charge < -0.3 is 20.1 Å². The van der Waals surface area contributed by atoms with Gasteiger partial charge in [0.2, 0.25) is 0 Å². The van der Waals surface area contributed by atoms with E-state index in [4.69, 9.17) is 4.74 Å². The van der Waals surface area contributed by atoms with Crippen molar-refractivity contribution in [1.82, 2.24) is 10.2 Å². The number of hydrogen-bond acceptors (Lipinski definition) is 3. The number of amides is 2. The number of likely N-dealkylation sites (tertiary alicyclic amines) is 1. The summed E-state index contributed by atoms with van der Waals surface area (Å²) in [5, 5.41) is 12.5. The van der Waals surface area contributed by atoms with Crippen LogP contribution in [0.1, 0.15) is 30.5 Å². The SMILES string of the molecule is COc1ccccc1C(NC(=O)N1CCC(C)(C(=O)O)C1)c1ccccc1. The summed E-state index contributed by atoms with van der Waals surface area (Å²) in [6.07, 6.45) is 0.445. The lowest BCUT2D eigenvalue weighted by molar-refractivity contribution is -0.147. The molecule has 2 aromatic carbocycles. The molecule has 2 aromatic rings. The highest BCUT2D eigenvalue weighted by Gasteiger charge is 2.42. The Balaban J connectivity index is 1.87. The van der Waals surface area contributed by atoms with Crippen LogP contribution in [0.2, 0.25) is 0 Å². The molecule has 2 N–H and O–H groups in total. The van der Waals surface area contributed by atoms with E-state index in [0.29, 0.717) is 18.7 Å². The third kappa shape index (κ3) is 3.89. The Morgan fingerprint density at radius 3 is 2.44 bits per heavy atom. The van der Waals surface area contributed by atoms with Gasteiger partial charge in [0.25, 0.3) is 0 Å². The molecule has 0 aromatic heterocycles. The molecule has 27 heavy (non-hydrogen) atoms. The van der Waals surface area contributed by atoms with Crippen molar-refractivity contribution in [2.75, 3.05) is 20.2 Å². The number of methoxy groups -OCH3 is 1. The van der Waals surface area contributed by atoms with Crippen molar-refractivity contribution in [2.45, 2.75) is 19.4 Å². The van der Waals surface area contributed by atoms with Crippen LogP contribution in [0, 0.1) is 5.41 Å². The normalized spacial score (nSPS) is 20.1. The first kappa shape index (κ1) is 18.8. The molecule has 0 bridgehead atoms. The summed E-state index contributed by atoms with van der Waals surface area (Å²) in [6.45, 7) is 2.29. The second-order valence-corrected chi connectivity index (χ2v) is 7.07. The minimum absolute atomic E-state index is 0.196. The molecule has 1 saturated heterocycles. The fourth-order valence-electron chi connectivity index (χ4n) is 3.41. The number of hydrogen-bond donors (Lipinski definition) is 2. The first-order valence-electron chi connectivity index (χ1n) is 8.91. The summed E-state index contributed by atoms with van der Waals surface area (Å²) in [7, 11) is 1.60. The van der Waals surface area contributed by atoms with Gasteiger partial charge in [0.15, 0.2) is 0 Å². The van der Waals surface area contributed by atoms with E-state index < -0.39 is 17.4 Å². The fourth-order valence-corrected chi connectivity index (χ4v) is 3.41. The van der Waals surface area contributed by atoms with Gasteiger partial charge in [-0.15, -0.1) is 0 Å². The maximum Gasteiger partial charge on any atom is 0.318 e. The summed E-state index contributed by atoms with van der Waals surface area (Å²) >= 11 is 0. The molecular formula is C21H24N2O4. The number of nitrogens with zero attached hydrogens (tertiary/aromatic N) is 1. The predicted octanol–water partition coefficient (Wildman–Crippen LogP) is 3.29. The molecule has 3 rings (SSSR count). The number of benzene rings is 2. The van der Waals surface area contributed by atoms with Crippen molar-refractivity contribution in [1.29, 1.82) is 0 Å². The van der Waals surface area contributed by atoms with Gasteiger partial charge in [-0.1, -0.05) is 48.5 Å². The number of para-hydroxylation sites is 1. The summed E-state index contributed by atoms with van der Waals surface area (Å²) in [5.74, 6) is -0.189. The standard InChI is InChI=1S/C21H24N2O4/c1-21(19(24)25)12-13-23(14-21)20(26)22-18(15-8-4-3-5-9-15)16-10-6-7-11-17(16)27-2/h3-11,18H,12-14H2,1-2H3,(H,22,26)(H,24,25). The number of rotatable bonds is 5. The van der Waals surface area contributed by atoms with Crippen LogP contribution in [-0.2, 0) is 4.79 Å². The summed E-state index contributed by atoms with van der Waals surface area (Å²) < 4.78 is 5.48. The topological polar surface area (TPSA) is 78.9 Å². The van der Waals surface area contributed by atoms with Gasteiger partial charge in [-0.3, -0.25) is 4.79 Å². The number of carboxylic acid groups (broad SMARTS) is 1. The van der Waals surface area contributed by atoms with E-state index in [9.17, 15) is 14.7 Å². The molecule has 0 spiro atoms. The number of carboxylic acids is 1. The highest BCUT2D eigenvalue weighted by atomic mass is 16.5. The van der Waals surface area contributed by atoms with Crippen LogP contribution in [0.15, 0.2) is 54.6 Å². The van der Waals surface area contributed by atoms with E-state index in [1.807, 2.05) is 54.6 Å². The lowest BCUT2D eigenvalue weighted by Gasteiger charge is -2.26. The van der Waals surface area contributed by atoms with Crippen LogP contribution in [0.3, 0.4) is 0 Å². The number of carbonyl (C=O) groups is 2. The summed E-state index contributed by atoms with van der Waals surface area (Å²) in [4.78, 5) is 25.9. The molecule has 1 fully saturated rings. The lowest BCUT2D eigenvalue weighted by Crippen LogP contribution is -2.42.